The normalized spacial score (nSPS) is 26.8. The Morgan fingerprint density at radius 1 is 1.25 bits per heavy atom. The van der Waals surface area contributed by atoms with Crippen LogP contribution in [0.3, 0.4) is 0 Å². The predicted molar refractivity (Wildman–Crippen MR) is 80.7 cm³/mol. The summed E-state index contributed by atoms with van der Waals surface area (Å²) in [7, 11) is 1.95. The third kappa shape index (κ3) is 4.45. The molecule has 2 saturated heterocycles. The van der Waals surface area contributed by atoms with E-state index in [0.29, 0.717) is 5.92 Å². The maximum atomic E-state index is 12.6. The van der Waals surface area contributed by atoms with E-state index < -0.39 is 0 Å². The topological polar surface area (TPSA) is 32.8 Å². The second-order valence-corrected chi connectivity index (χ2v) is 6.43. The van der Waals surface area contributed by atoms with Crippen LogP contribution in [0.2, 0.25) is 0 Å². The SMILES string of the molecule is C[C@@H](C(=O)N(C)C[C@@H]1CCCOC1)N1CCCCCC1. The van der Waals surface area contributed by atoms with Crippen molar-refractivity contribution in [3.63, 3.8) is 0 Å². The first-order valence-corrected chi connectivity index (χ1v) is 8.25. The minimum Gasteiger partial charge on any atom is -0.381 e. The molecule has 0 radical (unpaired) electrons. The van der Waals surface area contributed by atoms with Crippen molar-refractivity contribution in [1.82, 2.24) is 9.80 Å². The molecule has 0 N–H and O–H groups in total. The van der Waals surface area contributed by atoms with Gasteiger partial charge in [-0.05, 0) is 51.6 Å². The molecule has 0 aliphatic carbocycles. The van der Waals surface area contributed by atoms with Gasteiger partial charge in [-0.25, -0.2) is 0 Å². The summed E-state index contributed by atoms with van der Waals surface area (Å²) in [5.41, 5.74) is 0. The summed E-state index contributed by atoms with van der Waals surface area (Å²) < 4.78 is 5.51. The lowest BCUT2D eigenvalue weighted by atomic mass is 10.0. The number of ether oxygens (including phenoxy) is 1. The number of carbonyl (C=O) groups excluding carboxylic acids is 1. The second kappa shape index (κ2) is 7.99. The van der Waals surface area contributed by atoms with Gasteiger partial charge in [0, 0.05) is 20.2 Å². The monoisotopic (exact) mass is 282 g/mol. The highest BCUT2D eigenvalue weighted by Crippen LogP contribution is 2.17. The van der Waals surface area contributed by atoms with Gasteiger partial charge in [0.1, 0.15) is 0 Å². The third-order valence-corrected chi connectivity index (χ3v) is 4.71. The van der Waals surface area contributed by atoms with E-state index >= 15 is 0 Å². The van der Waals surface area contributed by atoms with Crippen LogP contribution in [-0.4, -0.2) is 61.6 Å². The van der Waals surface area contributed by atoms with Gasteiger partial charge in [0.25, 0.3) is 0 Å². The molecule has 2 atom stereocenters. The molecular weight excluding hydrogens is 252 g/mol. The van der Waals surface area contributed by atoms with Crippen LogP contribution in [-0.2, 0) is 9.53 Å². The van der Waals surface area contributed by atoms with E-state index in [2.05, 4.69) is 11.8 Å². The van der Waals surface area contributed by atoms with E-state index in [1.165, 1.54) is 32.1 Å². The van der Waals surface area contributed by atoms with E-state index in [9.17, 15) is 4.79 Å². The Morgan fingerprint density at radius 2 is 1.95 bits per heavy atom. The molecule has 2 fully saturated rings. The molecule has 0 aromatic carbocycles. The second-order valence-electron chi connectivity index (χ2n) is 6.43. The van der Waals surface area contributed by atoms with Gasteiger partial charge in [-0.3, -0.25) is 9.69 Å². The van der Waals surface area contributed by atoms with Crippen molar-refractivity contribution in [2.24, 2.45) is 5.92 Å². The third-order valence-electron chi connectivity index (χ3n) is 4.71. The molecule has 2 rings (SSSR count). The van der Waals surface area contributed by atoms with E-state index in [-0.39, 0.29) is 11.9 Å². The van der Waals surface area contributed by atoms with Crippen LogP contribution in [0, 0.1) is 5.92 Å². The maximum absolute atomic E-state index is 12.6. The maximum Gasteiger partial charge on any atom is 0.239 e. The Balaban J connectivity index is 1.81. The number of carbonyl (C=O) groups is 1. The number of hydrogen-bond acceptors (Lipinski definition) is 3. The number of amides is 1. The smallest absolute Gasteiger partial charge is 0.239 e. The van der Waals surface area contributed by atoms with Gasteiger partial charge in [0.05, 0.1) is 12.6 Å². The van der Waals surface area contributed by atoms with Gasteiger partial charge in [-0.2, -0.15) is 0 Å². The molecule has 2 heterocycles. The number of likely N-dealkylation sites (N-methyl/N-ethyl adjacent to an activating group) is 1. The lowest BCUT2D eigenvalue weighted by Crippen LogP contribution is -2.47. The van der Waals surface area contributed by atoms with Crippen molar-refractivity contribution in [2.45, 2.75) is 51.5 Å². The van der Waals surface area contributed by atoms with Crippen molar-refractivity contribution < 1.29 is 9.53 Å². The van der Waals surface area contributed by atoms with Gasteiger partial charge in [0.15, 0.2) is 0 Å². The highest BCUT2D eigenvalue weighted by atomic mass is 16.5. The summed E-state index contributed by atoms with van der Waals surface area (Å²) in [6.45, 7) is 6.77. The number of likely N-dealkylation sites (tertiary alicyclic amines) is 1. The molecule has 116 valence electrons. The van der Waals surface area contributed by atoms with E-state index in [4.69, 9.17) is 4.74 Å². The molecule has 0 unspecified atom stereocenters. The Morgan fingerprint density at radius 3 is 2.55 bits per heavy atom. The molecule has 1 amide bonds. The van der Waals surface area contributed by atoms with Crippen molar-refractivity contribution in [3.8, 4) is 0 Å². The van der Waals surface area contributed by atoms with Crippen LogP contribution in [0.4, 0.5) is 0 Å². The zero-order valence-corrected chi connectivity index (χ0v) is 13.1. The molecule has 2 aliphatic rings. The summed E-state index contributed by atoms with van der Waals surface area (Å²) in [6.07, 6.45) is 7.42. The van der Waals surface area contributed by atoms with Crippen LogP contribution < -0.4 is 0 Å². The Hall–Kier alpha value is -0.610. The van der Waals surface area contributed by atoms with E-state index in [1.807, 2.05) is 11.9 Å². The fourth-order valence-corrected chi connectivity index (χ4v) is 3.39. The van der Waals surface area contributed by atoms with Crippen molar-refractivity contribution in [1.29, 1.82) is 0 Å². The van der Waals surface area contributed by atoms with Gasteiger partial charge in [0.2, 0.25) is 5.91 Å². The van der Waals surface area contributed by atoms with Crippen molar-refractivity contribution >= 4 is 5.91 Å². The molecule has 20 heavy (non-hydrogen) atoms. The minimum absolute atomic E-state index is 0.0302. The fourth-order valence-electron chi connectivity index (χ4n) is 3.39. The lowest BCUT2D eigenvalue weighted by molar-refractivity contribution is -0.136. The summed E-state index contributed by atoms with van der Waals surface area (Å²) >= 11 is 0. The molecule has 0 spiro atoms. The van der Waals surface area contributed by atoms with E-state index in [1.54, 1.807) is 0 Å². The first kappa shape index (κ1) is 15.8. The number of hydrogen-bond donors (Lipinski definition) is 0. The molecular formula is C16H30N2O2. The highest BCUT2D eigenvalue weighted by Gasteiger charge is 2.26. The van der Waals surface area contributed by atoms with E-state index in [0.717, 1.165) is 39.3 Å². The van der Waals surface area contributed by atoms with Crippen LogP contribution >= 0.6 is 0 Å². The standard InChI is InChI=1S/C16H30N2O2/c1-14(18-9-5-3-4-6-10-18)16(19)17(2)12-15-8-7-11-20-13-15/h14-15H,3-13H2,1-2H3/t14-,15-/m0/s1. The molecule has 0 aromatic heterocycles. The zero-order valence-electron chi connectivity index (χ0n) is 13.1. The van der Waals surface area contributed by atoms with Crippen LogP contribution in [0.25, 0.3) is 0 Å². The Bertz CT molecular complexity index is 295. The average Bonchev–Trinajstić information content (AvgIpc) is 2.75. The van der Waals surface area contributed by atoms with Crippen LogP contribution in [0.15, 0.2) is 0 Å². The van der Waals surface area contributed by atoms with Gasteiger partial charge in [-0.15, -0.1) is 0 Å². The van der Waals surface area contributed by atoms with Crippen molar-refractivity contribution in [2.75, 3.05) is 39.9 Å². The quantitative estimate of drug-likeness (QED) is 0.792. The molecule has 0 saturated carbocycles. The highest BCUT2D eigenvalue weighted by molar-refractivity contribution is 5.81. The lowest BCUT2D eigenvalue weighted by Gasteiger charge is -2.32. The van der Waals surface area contributed by atoms with Gasteiger partial charge >= 0.3 is 0 Å². The zero-order chi connectivity index (χ0) is 14.4. The minimum atomic E-state index is 0.0302. The molecule has 0 bridgehead atoms. The van der Waals surface area contributed by atoms with Crippen LogP contribution in [0.1, 0.15) is 45.4 Å². The van der Waals surface area contributed by atoms with Gasteiger partial charge in [-0.1, -0.05) is 12.8 Å². The summed E-state index contributed by atoms with van der Waals surface area (Å²) in [5.74, 6) is 0.798. The number of rotatable bonds is 4. The summed E-state index contributed by atoms with van der Waals surface area (Å²) in [6, 6.07) is 0.0302. The Labute approximate surface area is 123 Å². The van der Waals surface area contributed by atoms with Gasteiger partial charge < -0.3 is 9.64 Å². The predicted octanol–water partition coefficient (Wildman–Crippen LogP) is 2.14. The van der Waals surface area contributed by atoms with Crippen molar-refractivity contribution in [3.05, 3.63) is 0 Å². The molecule has 2 aliphatic heterocycles. The summed E-state index contributed by atoms with van der Waals surface area (Å²) in [4.78, 5) is 16.9. The first-order chi connectivity index (χ1) is 9.68. The molecule has 4 heteroatoms. The average molecular weight is 282 g/mol. The largest absolute Gasteiger partial charge is 0.381 e. The fraction of sp³-hybridized carbons (Fsp3) is 0.938. The Kier molecular flexibility index (Phi) is 6.30. The summed E-state index contributed by atoms with van der Waals surface area (Å²) in [5, 5.41) is 0. The van der Waals surface area contributed by atoms with Crippen LogP contribution in [0.5, 0.6) is 0 Å². The first-order valence-electron chi connectivity index (χ1n) is 8.25. The molecule has 4 nitrogen and oxygen atoms in total. The molecule has 0 aromatic rings. The number of nitrogens with zero attached hydrogens (tertiary/aromatic N) is 2.